The summed E-state index contributed by atoms with van der Waals surface area (Å²) >= 11 is 0. The fraction of sp³-hybridized carbons (Fsp3) is 0.350. The van der Waals surface area contributed by atoms with Crippen molar-refractivity contribution in [3.63, 3.8) is 0 Å². The molecular weight excluding hydrogens is 316 g/mol. The van der Waals surface area contributed by atoms with E-state index in [1.165, 1.54) is 0 Å². The number of benzene rings is 2. The number of carbonyl (C=O) groups is 1. The van der Waals surface area contributed by atoms with E-state index in [1.54, 1.807) is 0 Å². The average molecular weight is 340 g/mol. The highest BCUT2D eigenvalue weighted by molar-refractivity contribution is 5.96. The molecular formula is C20H24N2O3. The van der Waals surface area contributed by atoms with Gasteiger partial charge in [-0.1, -0.05) is 24.3 Å². The molecule has 2 aromatic rings. The molecule has 2 atom stereocenters. The zero-order valence-corrected chi connectivity index (χ0v) is 15.1. The molecule has 5 nitrogen and oxygen atoms in total. The minimum atomic E-state index is -0.406. The Balaban J connectivity index is 1.96. The molecule has 0 saturated heterocycles. The fourth-order valence-electron chi connectivity index (χ4n) is 3.06. The van der Waals surface area contributed by atoms with Crippen molar-refractivity contribution >= 4 is 17.3 Å². The smallest absolute Gasteiger partial charge is 0.339 e. The molecule has 3 rings (SSSR count). The molecule has 1 heterocycles. The number of hydrogen-bond acceptors (Lipinski definition) is 5. The van der Waals surface area contributed by atoms with Crippen LogP contribution in [0.25, 0.3) is 0 Å². The van der Waals surface area contributed by atoms with Crippen LogP contribution in [0.5, 0.6) is 0 Å². The Morgan fingerprint density at radius 3 is 2.68 bits per heavy atom. The molecule has 1 aliphatic rings. The second-order valence-corrected chi connectivity index (χ2v) is 6.28. The van der Waals surface area contributed by atoms with Crippen molar-refractivity contribution in [2.75, 3.05) is 30.9 Å². The number of para-hydroxylation sites is 1. The van der Waals surface area contributed by atoms with Crippen molar-refractivity contribution in [2.24, 2.45) is 0 Å². The number of cyclic esters (lactones) is 1. The van der Waals surface area contributed by atoms with Gasteiger partial charge in [-0.25, -0.2) is 4.79 Å². The molecule has 1 aliphatic heterocycles. The third kappa shape index (κ3) is 3.46. The first-order valence-electron chi connectivity index (χ1n) is 8.50. The SMILES string of the molecule is CCOC(C)Nc1ccccc1C1OC(=O)c2cc(N(C)C)ccc21. The van der Waals surface area contributed by atoms with E-state index >= 15 is 0 Å². The fourth-order valence-corrected chi connectivity index (χ4v) is 3.06. The Morgan fingerprint density at radius 1 is 1.20 bits per heavy atom. The third-order valence-corrected chi connectivity index (χ3v) is 4.30. The minimum Gasteiger partial charge on any atom is -0.449 e. The number of anilines is 2. The van der Waals surface area contributed by atoms with Gasteiger partial charge in [0.2, 0.25) is 0 Å². The van der Waals surface area contributed by atoms with E-state index < -0.39 is 6.10 Å². The third-order valence-electron chi connectivity index (χ3n) is 4.30. The highest BCUT2D eigenvalue weighted by Gasteiger charge is 2.34. The summed E-state index contributed by atoms with van der Waals surface area (Å²) < 4.78 is 11.3. The second-order valence-electron chi connectivity index (χ2n) is 6.28. The van der Waals surface area contributed by atoms with Gasteiger partial charge < -0.3 is 19.7 Å². The molecule has 25 heavy (non-hydrogen) atoms. The normalized spacial score (nSPS) is 17.0. The number of rotatable bonds is 6. The molecule has 0 aliphatic carbocycles. The van der Waals surface area contributed by atoms with Crippen LogP contribution in [0.15, 0.2) is 42.5 Å². The number of carbonyl (C=O) groups excluding carboxylic acids is 1. The van der Waals surface area contributed by atoms with Crippen LogP contribution in [0.3, 0.4) is 0 Å². The summed E-state index contributed by atoms with van der Waals surface area (Å²) in [6.07, 6.45) is -0.532. The Morgan fingerprint density at radius 2 is 1.96 bits per heavy atom. The highest BCUT2D eigenvalue weighted by atomic mass is 16.5. The van der Waals surface area contributed by atoms with Crippen molar-refractivity contribution in [1.29, 1.82) is 0 Å². The predicted octanol–water partition coefficient (Wildman–Crippen LogP) is 3.81. The summed E-state index contributed by atoms with van der Waals surface area (Å²) in [5.74, 6) is -0.281. The summed E-state index contributed by atoms with van der Waals surface area (Å²) in [4.78, 5) is 14.3. The van der Waals surface area contributed by atoms with Gasteiger partial charge in [0.05, 0.1) is 5.56 Å². The van der Waals surface area contributed by atoms with Gasteiger partial charge in [0.15, 0.2) is 6.10 Å². The van der Waals surface area contributed by atoms with E-state index in [-0.39, 0.29) is 12.2 Å². The highest BCUT2D eigenvalue weighted by Crippen LogP contribution is 2.40. The van der Waals surface area contributed by atoms with Crippen LogP contribution >= 0.6 is 0 Å². The van der Waals surface area contributed by atoms with E-state index in [4.69, 9.17) is 9.47 Å². The Labute approximate surface area is 148 Å². The van der Waals surface area contributed by atoms with Gasteiger partial charge in [0.1, 0.15) is 6.23 Å². The van der Waals surface area contributed by atoms with E-state index in [9.17, 15) is 4.79 Å². The standard InChI is InChI=1S/C20H24N2O3/c1-5-24-13(2)21-18-9-7-6-8-16(18)19-15-11-10-14(22(3)4)12-17(15)20(23)25-19/h6-13,19,21H,5H2,1-4H3. The van der Waals surface area contributed by atoms with Crippen molar-refractivity contribution in [3.05, 3.63) is 59.2 Å². The van der Waals surface area contributed by atoms with Crippen LogP contribution in [0.2, 0.25) is 0 Å². The molecule has 0 amide bonds. The van der Waals surface area contributed by atoms with Gasteiger partial charge in [0, 0.05) is 43.2 Å². The number of nitrogens with zero attached hydrogens (tertiary/aromatic N) is 1. The van der Waals surface area contributed by atoms with Crippen molar-refractivity contribution in [1.82, 2.24) is 0 Å². The Kier molecular flexibility index (Phi) is 4.95. The van der Waals surface area contributed by atoms with Crippen molar-refractivity contribution in [3.8, 4) is 0 Å². The van der Waals surface area contributed by atoms with Crippen LogP contribution in [0.1, 0.15) is 41.4 Å². The van der Waals surface area contributed by atoms with E-state index in [0.29, 0.717) is 12.2 Å². The first-order valence-corrected chi connectivity index (χ1v) is 8.50. The number of fused-ring (bicyclic) bond motifs is 1. The molecule has 0 fully saturated rings. The minimum absolute atomic E-state index is 0.126. The first-order chi connectivity index (χ1) is 12.0. The summed E-state index contributed by atoms with van der Waals surface area (Å²) in [7, 11) is 3.90. The van der Waals surface area contributed by atoms with Gasteiger partial charge in [-0.3, -0.25) is 0 Å². The molecule has 132 valence electrons. The maximum atomic E-state index is 12.4. The second kappa shape index (κ2) is 7.15. The van der Waals surface area contributed by atoms with Crippen molar-refractivity contribution in [2.45, 2.75) is 26.2 Å². The molecule has 0 bridgehead atoms. The monoisotopic (exact) mass is 340 g/mol. The molecule has 2 unspecified atom stereocenters. The van der Waals surface area contributed by atoms with Crippen LogP contribution in [-0.2, 0) is 9.47 Å². The zero-order chi connectivity index (χ0) is 18.0. The Bertz CT molecular complexity index is 773. The number of hydrogen-bond donors (Lipinski definition) is 1. The van der Waals surface area contributed by atoms with Crippen LogP contribution < -0.4 is 10.2 Å². The number of ether oxygens (including phenoxy) is 2. The van der Waals surface area contributed by atoms with Gasteiger partial charge in [-0.15, -0.1) is 0 Å². The average Bonchev–Trinajstić information content (AvgIpc) is 2.92. The van der Waals surface area contributed by atoms with E-state index in [2.05, 4.69) is 5.32 Å². The largest absolute Gasteiger partial charge is 0.449 e. The first kappa shape index (κ1) is 17.3. The summed E-state index contributed by atoms with van der Waals surface area (Å²) in [5.41, 5.74) is 4.34. The predicted molar refractivity (Wildman–Crippen MR) is 99.2 cm³/mol. The van der Waals surface area contributed by atoms with Gasteiger partial charge in [-0.2, -0.15) is 0 Å². The van der Waals surface area contributed by atoms with Crippen LogP contribution in [0.4, 0.5) is 11.4 Å². The maximum absolute atomic E-state index is 12.4. The number of nitrogens with one attached hydrogen (secondary N) is 1. The number of esters is 1. The quantitative estimate of drug-likeness (QED) is 0.640. The summed E-state index contributed by atoms with van der Waals surface area (Å²) in [6, 6.07) is 13.7. The lowest BCUT2D eigenvalue weighted by Gasteiger charge is -2.21. The van der Waals surface area contributed by atoms with Crippen molar-refractivity contribution < 1.29 is 14.3 Å². The molecule has 0 saturated carbocycles. The summed E-state index contributed by atoms with van der Waals surface area (Å²) in [5, 5.41) is 3.34. The van der Waals surface area contributed by atoms with E-state index in [1.807, 2.05) is 75.3 Å². The molecule has 5 heteroatoms. The molecule has 0 spiro atoms. The molecule has 0 radical (unpaired) electrons. The van der Waals surface area contributed by atoms with Gasteiger partial charge >= 0.3 is 5.97 Å². The van der Waals surface area contributed by atoms with Gasteiger partial charge in [0.25, 0.3) is 0 Å². The lowest BCUT2D eigenvalue weighted by molar-refractivity contribution is 0.0456. The van der Waals surface area contributed by atoms with Crippen LogP contribution in [-0.4, -0.2) is 32.9 Å². The zero-order valence-electron chi connectivity index (χ0n) is 15.1. The van der Waals surface area contributed by atoms with Gasteiger partial charge in [-0.05, 0) is 32.0 Å². The molecule has 0 aromatic heterocycles. The molecule has 2 aromatic carbocycles. The maximum Gasteiger partial charge on any atom is 0.339 e. The van der Waals surface area contributed by atoms with E-state index in [0.717, 1.165) is 22.5 Å². The lowest BCUT2D eigenvalue weighted by atomic mass is 9.97. The summed E-state index contributed by atoms with van der Waals surface area (Å²) in [6.45, 7) is 4.55. The molecule has 1 N–H and O–H groups in total. The lowest BCUT2D eigenvalue weighted by Crippen LogP contribution is -2.20. The van der Waals surface area contributed by atoms with Crippen LogP contribution in [0, 0.1) is 0 Å². The Hall–Kier alpha value is -2.53. The topological polar surface area (TPSA) is 50.8 Å².